The number of allylic oxidation sites excluding steroid dienone is 3. The zero-order chi connectivity index (χ0) is 26.1. The third kappa shape index (κ3) is 3.38. The highest BCUT2D eigenvalue weighted by molar-refractivity contribution is 5.88. The maximum absolute atomic E-state index is 12.4. The highest BCUT2D eigenvalue weighted by atomic mass is 16.5. The smallest absolute Gasteiger partial charge is 0.333 e. The average Bonchev–Trinajstić information content (AvgIpc) is 3.42. The second-order valence-electron chi connectivity index (χ2n) is 13.4. The predicted molar refractivity (Wildman–Crippen MR) is 142 cm³/mol. The van der Waals surface area contributed by atoms with Gasteiger partial charge >= 0.3 is 11.9 Å². The number of carbonyl (C=O) groups excluding carboxylic acids is 2. The van der Waals surface area contributed by atoms with Crippen molar-refractivity contribution < 1.29 is 19.1 Å². The summed E-state index contributed by atoms with van der Waals surface area (Å²) in [5, 5.41) is 0. The summed E-state index contributed by atoms with van der Waals surface area (Å²) in [6, 6.07) is 0. The molecule has 0 bridgehead atoms. The molecule has 0 aromatic heterocycles. The van der Waals surface area contributed by atoms with E-state index in [1.165, 1.54) is 37.7 Å². The lowest BCUT2D eigenvalue weighted by molar-refractivity contribution is -0.152. The van der Waals surface area contributed by atoms with Crippen LogP contribution < -0.4 is 0 Å². The molecule has 5 aliphatic rings. The molecule has 0 saturated heterocycles. The zero-order valence-corrected chi connectivity index (χ0v) is 23.3. The molecule has 5 rings (SSSR count). The number of hydrogen-bond donors (Lipinski definition) is 0. The molecule has 1 heterocycles. The maximum atomic E-state index is 12.4. The molecule has 4 nitrogen and oxygen atoms in total. The van der Waals surface area contributed by atoms with Gasteiger partial charge in [0.1, 0.15) is 6.10 Å². The van der Waals surface area contributed by atoms with Gasteiger partial charge in [0, 0.05) is 24.3 Å². The maximum Gasteiger partial charge on any atom is 0.333 e. The number of ether oxygens (including phenoxy) is 2. The van der Waals surface area contributed by atoms with Crippen LogP contribution >= 0.6 is 0 Å². The normalized spacial score (nSPS) is 45.5. The SMILES string of the molecule is C=C(C)C1C=CC2C3(C)CCC(C(C)C4CC=C(C)C(=O)O4)C3(C)CCC23CC13CCC(=O)OCC. The fourth-order valence-corrected chi connectivity index (χ4v) is 9.98. The van der Waals surface area contributed by atoms with Gasteiger partial charge in [-0.2, -0.15) is 0 Å². The summed E-state index contributed by atoms with van der Waals surface area (Å²) in [4.78, 5) is 24.7. The summed E-state index contributed by atoms with van der Waals surface area (Å²) in [6.45, 7) is 18.2. The van der Waals surface area contributed by atoms with Crippen LogP contribution in [0.1, 0.15) is 92.9 Å². The largest absolute Gasteiger partial charge is 0.466 e. The first kappa shape index (κ1) is 25.8. The van der Waals surface area contributed by atoms with Crippen LogP contribution in [0.4, 0.5) is 0 Å². The molecule has 3 saturated carbocycles. The Morgan fingerprint density at radius 1 is 1.22 bits per heavy atom. The van der Waals surface area contributed by atoms with Crippen molar-refractivity contribution in [2.45, 2.75) is 99.0 Å². The number of rotatable bonds is 7. The van der Waals surface area contributed by atoms with Gasteiger partial charge in [-0.3, -0.25) is 4.79 Å². The van der Waals surface area contributed by atoms with E-state index in [9.17, 15) is 9.59 Å². The molecular formula is C32H46O4. The predicted octanol–water partition coefficient (Wildman–Crippen LogP) is 7.20. The molecule has 198 valence electrons. The van der Waals surface area contributed by atoms with Gasteiger partial charge in [-0.05, 0) is 98.7 Å². The number of hydrogen-bond acceptors (Lipinski definition) is 4. The van der Waals surface area contributed by atoms with E-state index in [0.29, 0.717) is 36.7 Å². The Kier molecular flexibility index (Phi) is 6.16. The Hall–Kier alpha value is -1.84. The van der Waals surface area contributed by atoms with Gasteiger partial charge in [0.2, 0.25) is 0 Å². The van der Waals surface area contributed by atoms with Gasteiger partial charge in [-0.15, -0.1) is 0 Å². The Labute approximate surface area is 218 Å². The first-order valence-electron chi connectivity index (χ1n) is 14.3. The summed E-state index contributed by atoms with van der Waals surface area (Å²) in [7, 11) is 0. The molecule has 9 atom stereocenters. The van der Waals surface area contributed by atoms with E-state index in [1.54, 1.807) is 0 Å². The van der Waals surface area contributed by atoms with E-state index < -0.39 is 0 Å². The standard InChI is InChI=1S/C32H46O4/c1-8-35-27(33)14-16-31-19-32(31)18-17-29(6)24(22(5)25-11-9-21(4)28(34)36-25)13-15-30(29,7)26(32)12-10-23(31)20(2)3/h9-10,12,22-26H,2,8,11,13-19H2,1,3-7H3. The van der Waals surface area contributed by atoms with Crippen molar-refractivity contribution >= 4 is 11.9 Å². The third-order valence-corrected chi connectivity index (χ3v) is 12.1. The summed E-state index contributed by atoms with van der Waals surface area (Å²) in [5.41, 5.74) is 2.79. The van der Waals surface area contributed by atoms with Crippen LogP contribution in [0.15, 0.2) is 36.0 Å². The number of carbonyl (C=O) groups is 2. The third-order valence-electron chi connectivity index (χ3n) is 12.1. The minimum absolute atomic E-state index is 0.0134. The first-order chi connectivity index (χ1) is 17.0. The van der Waals surface area contributed by atoms with Gasteiger partial charge in [0.25, 0.3) is 0 Å². The first-order valence-corrected chi connectivity index (χ1v) is 14.3. The van der Waals surface area contributed by atoms with Crippen molar-refractivity contribution in [3.05, 3.63) is 36.0 Å². The van der Waals surface area contributed by atoms with Crippen LogP contribution in [-0.4, -0.2) is 24.6 Å². The summed E-state index contributed by atoms with van der Waals surface area (Å²) in [5.74, 6) is 1.57. The zero-order valence-electron chi connectivity index (χ0n) is 23.3. The fourth-order valence-electron chi connectivity index (χ4n) is 9.98. The molecule has 1 aliphatic heterocycles. The van der Waals surface area contributed by atoms with Crippen molar-refractivity contribution in [1.29, 1.82) is 0 Å². The van der Waals surface area contributed by atoms with E-state index in [0.717, 1.165) is 18.4 Å². The molecule has 4 heteroatoms. The van der Waals surface area contributed by atoms with E-state index in [4.69, 9.17) is 9.47 Å². The Morgan fingerprint density at radius 2 is 1.97 bits per heavy atom. The van der Waals surface area contributed by atoms with E-state index in [-0.39, 0.29) is 39.7 Å². The molecule has 3 fully saturated rings. The molecule has 0 amide bonds. The second kappa shape index (κ2) is 8.60. The lowest BCUT2D eigenvalue weighted by Crippen LogP contribution is -2.53. The van der Waals surface area contributed by atoms with Crippen LogP contribution in [0.5, 0.6) is 0 Å². The quantitative estimate of drug-likeness (QED) is 0.277. The van der Waals surface area contributed by atoms with Crippen molar-refractivity contribution in [2.75, 3.05) is 6.61 Å². The Morgan fingerprint density at radius 3 is 2.64 bits per heavy atom. The summed E-state index contributed by atoms with van der Waals surface area (Å²) < 4.78 is 11.2. The summed E-state index contributed by atoms with van der Waals surface area (Å²) >= 11 is 0. The van der Waals surface area contributed by atoms with Crippen molar-refractivity contribution in [1.82, 2.24) is 0 Å². The van der Waals surface area contributed by atoms with Crippen LogP contribution in [-0.2, 0) is 19.1 Å². The Bertz CT molecular complexity index is 1020. The highest BCUT2D eigenvalue weighted by Crippen LogP contribution is 2.86. The minimum atomic E-state index is -0.142. The molecular weight excluding hydrogens is 448 g/mol. The molecule has 0 aromatic rings. The molecule has 0 aromatic carbocycles. The van der Waals surface area contributed by atoms with Gasteiger partial charge in [0.15, 0.2) is 0 Å². The number of esters is 2. The highest BCUT2D eigenvalue weighted by Gasteiger charge is 2.79. The van der Waals surface area contributed by atoms with Crippen molar-refractivity contribution in [2.24, 2.45) is 45.3 Å². The molecule has 1 spiro atoms. The second-order valence-corrected chi connectivity index (χ2v) is 13.4. The lowest BCUT2D eigenvalue weighted by atomic mass is 9.45. The molecule has 9 unspecified atom stereocenters. The lowest BCUT2D eigenvalue weighted by Gasteiger charge is -2.59. The molecule has 0 N–H and O–H groups in total. The monoisotopic (exact) mass is 494 g/mol. The van der Waals surface area contributed by atoms with Gasteiger partial charge < -0.3 is 9.47 Å². The molecule has 4 aliphatic carbocycles. The van der Waals surface area contributed by atoms with Crippen molar-refractivity contribution in [3.63, 3.8) is 0 Å². The van der Waals surface area contributed by atoms with E-state index in [2.05, 4.69) is 52.5 Å². The van der Waals surface area contributed by atoms with Crippen LogP contribution in [0.2, 0.25) is 0 Å². The van der Waals surface area contributed by atoms with Gasteiger partial charge in [-0.25, -0.2) is 4.79 Å². The Balaban J connectivity index is 1.43. The molecule has 36 heavy (non-hydrogen) atoms. The average molecular weight is 495 g/mol. The van der Waals surface area contributed by atoms with Gasteiger partial charge in [-0.1, -0.05) is 51.2 Å². The molecule has 0 radical (unpaired) electrons. The topological polar surface area (TPSA) is 52.6 Å². The van der Waals surface area contributed by atoms with E-state index >= 15 is 0 Å². The van der Waals surface area contributed by atoms with Crippen LogP contribution in [0.25, 0.3) is 0 Å². The van der Waals surface area contributed by atoms with Crippen LogP contribution in [0, 0.1) is 45.3 Å². The number of fused-ring (bicyclic) bond motifs is 2. The summed E-state index contributed by atoms with van der Waals surface area (Å²) in [6.07, 6.45) is 15.4. The van der Waals surface area contributed by atoms with Gasteiger partial charge in [0.05, 0.1) is 6.61 Å². The van der Waals surface area contributed by atoms with Crippen LogP contribution in [0.3, 0.4) is 0 Å². The number of cyclic esters (lactones) is 1. The van der Waals surface area contributed by atoms with Crippen molar-refractivity contribution in [3.8, 4) is 0 Å². The van der Waals surface area contributed by atoms with E-state index in [1.807, 2.05) is 13.8 Å². The minimum Gasteiger partial charge on any atom is -0.466 e. The fraction of sp³-hybridized carbons (Fsp3) is 0.750.